The summed E-state index contributed by atoms with van der Waals surface area (Å²) >= 11 is 0. The number of carboxylic acid groups (broad SMARTS) is 1. The van der Waals surface area contributed by atoms with E-state index in [0.29, 0.717) is 18.3 Å². The maximum absolute atomic E-state index is 11.3. The van der Waals surface area contributed by atoms with Crippen LogP contribution in [0.1, 0.15) is 42.5 Å². The van der Waals surface area contributed by atoms with Crippen molar-refractivity contribution < 1.29 is 15.0 Å². The van der Waals surface area contributed by atoms with Crippen molar-refractivity contribution in [2.45, 2.75) is 38.1 Å². The highest BCUT2D eigenvalue weighted by molar-refractivity contribution is 5.94. The zero-order valence-electron chi connectivity index (χ0n) is 11.0. The molecule has 1 aromatic rings. The Hall–Kier alpha value is -1.62. The molecule has 1 aliphatic rings. The zero-order chi connectivity index (χ0) is 13.7. The van der Waals surface area contributed by atoms with Crippen LogP contribution in [0.15, 0.2) is 18.5 Å². The number of hydrogen-bond acceptors (Lipinski definition) is 4. The van der Waals surface area contributed by atoms with Crippen LogP contribution in [-0.2, 0) is 0 Å². The summed E-state index contributed by atoms with van der Waals surface area (Å²) in [7, 11) is 0. The summed E-state index contributed by atoms with van der Waals surface area (Å²) in [6.45, 7) is 0.493. The average Bonchev–Trinajstić information content (AvgIpc) is 2.45. The second-order valence-corrected chi connectivity index (χ2v) is 4.91. The van der Waals surface area contributed by atoms with Crippen molar-refractivity contribution in [3.8, 4) is 0 Å². The maximum atomic E-state index is 11.3. The lowest BCUT2D eigenvalue weighted by atomic mass is 9.93. The van der Waals surface area contributed by atoms with Crippen LogP contribution >= 0.6 is 0 Å². The van der Waals surface area contributed by atoms with Crippen LogP contribution in [0, 0.1) is 0 Å². The number of aromatic carboxylic acids is 1. The Balaban J connectivity index is 2.29. The Bertz CT molecular complexity index is 430. The largest absolute Gasteiger partial charge is 0.478 e. The molecule has 0 atom stereocenters. The molecule has 0 radical (unpaired) electrons. The third kappa shape index (κ3) is 3.23. The summed E-state index contributed by atoms with van der Waals surface area (Å²) in [6.07, 6.45) is 8.67. The van der Waals surface area contributed by atoms with Gasteiger partial charge in [0.05, 0.1) is 12.3 Å². The minimum Gasteiger partial charge on any atom is -0.478 e. The fraction of sp³-hybridized carbons (Fsp3) is 0.571. The van der Waals surface area contributed by atoms with E-state index in [1.54, 1.807) is 12.3 Å². The van der Waals surface area contributed by atoms with Crippen molar-refractivity contribution >= 4 is 11.7 Å². The molecule has 1 aliphatic carbocycles. The van der Waals surface area contributed by atoms with E-state index in [4.69, 9.17) is 0 Å². The van der Waals surface area contributed by atoms with E-state index in [9.17, 15) is 15.0 Å². The van der Waals surface area contributed by atoms with Gasteiger partial charge in [-0.2, -0.15) is 0 Å². The minimum atomic E-state index is -0.971. The molecule has 104 valence electrons. The van der Waals surface area contributed by atoms with Gasteiger partial charge in [-0.05, 0) is 18.9 Å². The molecule has 0 aliphatic heterocycles. The number of aliphatic hydroxyl groups excluding tert-OH is 1. The van der Waals surface area contributed by atoms with Crippen molar-refractivity contribution in [2.75, 3.05) is 18.1 Å². The highest BCUT2D eigenvalue weighted by Gasteiger charge is 2.24. The number of carboxylic acids is 1. The predicted molar refractivity (Wildman–Crippen MR) is 72.5 cm³/mol. The van der Waals surface area contributed by atoms with Gasteiger partial charge in [0.25, 0.3) is 0 Å². The summed E-state index contributed by atoms with van der Waals surface area (Å²) in [5.74, 6) is -0.971. The second-order valence-electron chi connectivity index (χ2n) is 4.91. The van der Waals surface area contributed by atoms with Crippen LogP contribution in [0.3, 0.4) is 0 Å². The van der Waals surface area contributed by atoms with Gasteiger partial charge in [0.1, 0.15) is 5.56 Å². The Kier molecular flexibility index (Phi) is 4.74. The van der Waals surface area contributed by atoms with Crippen molar-refractivity contribution in [3.05, 3.63) is 24.0 Å². The van der Waals surface area contributed by atoms with Gasteiger partial charge in [-0.1, -0.05) is 19.3 Å². The highest BCUT2D eigenvalue weighted by atomic mass is 16.4. The first-order valence-electron chi connectivity index (χ1n) is 6.79. The van der Waals surface area contributed by atoms with Gasteiger partial charge >= 0.3 is 5.97 Å². The standard InChI is InChI=1S/C14H20N2O3/c17-9-8-16(11-4-2-1-3-5-11)13-6-7-15-10-12(13)14(18)19/h6-7,10-11,17H,1-5,8-9H2,(H,18,19). The number of hydrogen-bond donors (Lipinski definition) is 2. The van der Waals surface area contributed by atoms with Crippen molar-refractivity contribution in [1.82, 2.24) is 4.98 Å². The second kappa shape index (κ2) is 6.52. The molecule has 1 heterocycles. The van der Waals surface area contributed by atoms with E-state index in [-0.39, 0.29) is 12.2 Å². The smallest absolute Gasteiger partial charge is 0.339 e. The van der Waals surface area contributed by atoms with Crippen molar-refractivity contribution in [2.24, 2.45) is 0 Å². The predicted octanol–water partition coefficient (Wildman–Crippen LogP) is 1.91. The molecule has 5 heteroatoms. The average molecular weight is 264 g/mol. The van der Waals surface area contributed by atoms with Gasteiger partial charge in [-0.15, -0.1) is 0 Å². The van der Waals surface area contributed by atoms with Crippen LogP contribution in [0.5, 0.6) is 0 Å². The molecule has 1 aromatic heterocycles. The number of anilines is 1. The number of carbonyl (C=O) groups is 1. The lowest BCUT2D eigenvalue weighted by Crippen LogP contribution is -2.39. The van der Waals surface area contributed by atoms with E-state index in [2.05, 4.69) is 4.98 Å². The van der Waals surface area contributed by atoms with Crippen molar-refractivity contribution in [1.29, 1.82) is 0 Å². The monoisotopic (exact) mass is 264 g/mol. The first kappa shape index (κ1) is 13.8. The fourth-order valence-electron chi connectivity index (χ4n) is 2.80. The van der Waals surface area contributed by atoms with E-state index in [0.717, 1.165) is 12.8 Å². The molecule has 2 N–H and O–H groups in total. The molecule has 0 bridgehead atoms. The molecule has 5 nitrogen and oxygen atoms in total. The van der Waals surface area contributed by atoms with Gasteiger partial charge in [0, 0.05) is 25.0 Å². The quantitative estimate of drug-likeness (QED) is 0.849. The van der Waals surface area contributed by atoms with Gasteiger partial charge in [-0.3, -0.25) is 4.98 Å². The van der Waals surface area contributed by atoms with Gasteiger partial charge in [-0.25, -0.2) is 4.79 Å². The molecule has 0 spiro atoms. The summed E-state index contributed by atoms with van der Waals surface area (Å²) in [6, 6.07) is 2.05. The lowest BCUT2D eigenvalue weighted by Gasteiger charge is -2.36. The number of aromatic nitrogens is 1. The number of nitrogens with zero attached hydrogens (tertiary/aromatic N) is 2. The van der Waals surface area contributed by atoms with Crippen molar-refractivity contribution in [3.63, 3.8) is 0 Å². The van der Waals surface area contributed by atoms with E-state index < -0.39 is 5.97 Å². The summed E-state index contributed by atoms with van der Waals surface area (Å²) in [4.78, 5) is 17.2. The zero-order valence-corrected chi connectivity index (χ0v) is 11.0. The first-order chi connectivity index (χ1) is 9.24. The molecule has 0 saturated heterocycles. The summed E-state index contributed by atoms with van der Waals surface area (Å²) < 4.78 is 0. The van der Waals surface area contributed by atoms with Gasteiger partial charge in [0.2, 0.25) is 0 Å². The molecule has 2 rings (SSSR count). The minimum absolute atomic E-state index is 0.0257. The maximum Gasteiger partial charge on any atom is 0.339 e. The highest BCUT2D eigenvalue weighted by Crippen LogP contribution is 2.29. The normalized spacial score (nSPS) is 16.3. The fourth-order valence-corrected chi connectivity index (χ4v) is 2.80. The van der Waals surface area contributed by atoms with Gasteiger partial charge in [0.15, 0.2) is 0 Å². The SMILES string of the molecule is O=C(O)c1cnccc1N(CCO)C1CCCCC1. The molecule has 19 heavy (non-hydrogen) atoms. The van der Waals surface area contributed by atoms with Gasteiger partial charge < -0.3 is 15.1 Å². The number of pyridine rings is 1. The summed E-state index contributed by atoms with van der Waals surface area (Å²) in [5.41, 5.74) is 0.880. The van der Waals surface area contributed by atoms with E-state index in [1.165, 1.54) is 25.5 Å². The van der Waals surface area contributed by atoms with Crippen LogP contribution in [0.25, 0.3) is 0 Å². The molecule has 1 fully saturated rings. The number of rotatable bonds is 5. The molecule has 0 amide bonds. The Morgan fingerprint density at radius 3 is 2.74 bits per heavy atom. The van der Waals surface area contributed by atoms with E-state index >= 15 is 0 Å². The number of aliphatic hydroxyl groups is 1. The van der Waals surface area contributed by atoms with Crippen LogP contribution in [0.4, 0.5) is 5.69 Å². The molecular formula is C14H20N2O3. The van der Waals surface area contributed by atoms with Crippen LogP contribution < -0.4 is 4.90 Å². The molecule has 1 saturated carbocycles. The van der Waals surface area contributed by atoms with Crippen LogP contribution in [-0.4, -0.2) is 40.4 Å². The molecule has 0 unspecified atom stereocenters. The van der Waals surface area contributed by atoms with E-state index in [1.807, 2.05) is 4.90 Å². The third-order valence-electron chi connectivity index (χ3n) is 3.69. The first-order valence-corrected chi connectivity index (χ1v) is 6.79. The summed E-state index contributed by atoms with van der Waals surface area (Å²) in [5, 5.41) is 18.5. The lowest BCUT2D eigenvalue weighted by molar-refractivity contribution is 0.0697. The molecule has 0 aromatic carbocycles. The van der Waals surface area contributed by atoms with Crippen LogP contribution in [0.2, 0.25) is 0 Å². The Morgan fingerprint density at radius 2 is 2.11 bits per heavy atom. The topological polar surface area (TPSA) is 73.7 Å². The molecular weight excluding hydrogens is 244 g/mol. The Morgan fingerprint density at radius 1 is 1.37 bits per heavy atom. The Labute approximate surface area is 112 Å². The third-order valence-corrected chi connectivity index (χ3v) is 3.69.